The first kappa shape index (κ1) is 45.7. The number of carbonyl (C=O) groups is 1. The summed E-state index contributed by atoms with van der Waals surface area (Å²) < 4.78 is 20.5. The molecule has 0 unspecified atom stereocenters. The number of fused-ring (bicyclic) bond motifs is 2. The quantitative estimate of drug-likeness (QED) is 0.111. The van der Waals surface area contributed by atoms with Crippen LogP contribution in [0.1, 0.15) is 44.4 Å². The lowest BCUT2D eigenvalue weighted by Crippen LogP contribution is -2.22. The Kier molecular flexibility index (Phi) is 16.0. The van der Waals surface area contributed by atoms with Crippen molar-refractivity contribution in [3.05, 3.63) is 150 Å². The first-order chi connectivity index (χ1) is 31.1. The van der Waals surface area contributed by atoms with Crippen LogP contribution in [0, 0.1) is 6.92 Å². The van der Waals surface area contributed by atoms with Crippen LogP contribution in [-0.2, 0) is 18.4 Å². The second-order valence-corrected chi connectivity index (χ2v) is 14.7. The molecule has 0 atom stereocenters. The molecule has 9 rings (SSSR count). The average Bonchev–Trinajstić information content (AvgIpc) is 3.91. The highest BCUT2D eigenvalue weighted by Crippen LogP contribution is 2.32. The van der Waals surface area contributed by atoms with E-state index < -0.39 is 0 Å². The zero-order valence-electron chi connectivity index (χ0n) is 36.6. The van der Waals surface area contributed by atoms with Crippen molar-refractivity contribution in [2.24, 2.45) is 7.05 Å². The third-order valence-electron chi connectivity index (χ3n) is 9.96. The Morgan fingerprint density at radius 2 is 1.36 bits per heavy atom. The number of carbonyl (C=O) groups excluding carboxylic acids is 1. The van der Waals surface area contributed by atoms with Crippen molar-refractivity contribution < 1.29 is 24.1 Å². The van der Waals surface area contributed by atoms with Crippen LogP contribution >= 0.6 is 0 Å². The molecule has 0 aliphatic carbocycles. The normalized spacial score (nSPS) is 11.9. The molecule has 0 radical (unpaired) electrons. The van der Waals surface area contributed by atoms with Crippen molar-refractivity contribution in [3.63, 3.8) is 0 Å². The van der Waals surface area contributed by atoms with E-state index in [0.717, 1.165) is 58.6 Å². The number of phenolic OH excluding ortho intramolecular Hbond substituents is 1. The van der Waals surface area contributed by atoms with Gasteiger partial charge in [-0.3, -0.25) is 29.1 Å². The molecule has 330 valence electrons. The van der Waals surface area contributed by atoms with Gasteiger partial charge >= 0.3 is 0 Å². The number of amides is 1. The summed E-state index contributed by atoms with van der Waals surface area (Å²) in [5.74, 6) is 4.30. The van der Waals surface area contributed by atoms with Crippen molar-refractivity contribution in [2.45, 2.75) is 46.6 Å². The van der Waals surface area contributed by atoms with Crippen LogP contribution in [0.4, 0.5) is 11.6 Å². The van der Waals surface area contributed by atoms with Crippen LogP contribution in [0.15, 0.2) is 133 Å². The number of nitrogens with one attached hydrogen (secondary N) is 1. The van der Waals surface area contributed by atoms with Crippen LogP contribution in [0.25, 0.3) is 27.5 Å². The number of methoxy groups -OCH3 is 1. The van der Waals surface area contributed by atoms with E-state index in [-0.39, 0.29) is 11.3 Å². The fourth-order valence-electron chi connectivity index (χ4n) is 6.82. The molecule has 1 amide bonds. The van der Waals surface area contributed by atoms with Crippen LogP contribution < -0.4 is 30.8 Å². The third-order valence-corrected chi connectivity index (χ3v) is 9.96. The molecule has 4 N–H and O–H groups in total. The molecular formula is C49H53N9O6. The van der Waals surface area contributed by atoms with E-state index in [1.54, 1.807) is 91.2 Å². The van der Waals surface area contributed by atoms with E-state index in [2.05, 4.69) is 44.0 Å². The van der Waals surface area contributed by atoms with Crippen molar-refractivity contribution in [1.29, 1.82) is 0 Å². The number of nitrogens with two attached hydrogens (primary N) is 1. The number of para-hydroxylation sites is 1. The molecule has 0 bridgehead atoms. The lowest BCUT2D eigenvalue weighted by Gasteiger charge is -2.16. The first-order valence-electron chi connectivity index (χ1n) is 20.9. The van der Waals surface area contributed by atoms with Crippen molar-refractivity contribution in [2.75, 3.05) is 31.2 Å². The van der Waals surface area contributed by atoms with Gasteiger partial charge in [0.2, 0.25) is 6.41 Å². The summed E-state index contributed by atoms with van der Waals surface area (Å²) in [5, 5.41) is 13.6. The fourth-order valence-corrected chi connectivity index (χ4v) is 6.82. The molecule has 3 aromatic carbocycles. The number of nitrogens with zero attached hydrogens (tertiary/aromatic N) is 7. The van der Waals surface area contributed by atoms with Crippen LogP contribution in [0.2, 0.25) is 0 Å². The van der Waals surface area contributed by atoms with E-state index in [9.17, 15) is 14.7 Å². The fraction of sp³-hybridized carbons (Fsp3) is 0.224. The maximum Gasteiger partial charge on any atom is 0.274 e. The number of likely N-dealkylation sites (tertiary alicyclic amines) is 1. The Balaban J connectivity index is 0.000000155. The molecule has 15 heteroatoms. The molecule has 1 aliphatic heterocycles. The summed E-state index contributed by atoms with van der Waals surface area (Å²) in [6, 6.07) is 30.7. The highest BCUT2D eigenvalue weighted by Gasteiger charge is 2.20. The minimum absolute atomic E-state index is 0.0906. The minimum Gasteiger partial charge on any atom is -0.508 e. The Bertz CT molecular complexity index is 2810. The Morgan fingerprint density at radius 3 is 1.94 bits per heavy atom. The summed E-state index contributed by atoms with van der Waals surface area (Å²) in [7, 11) is 3.59. The highest BCUT2D eigenvalue weighted by molar-refractivity contribution is 5.87. The first-order valence-corrected chi connectivity index (χ1v) is 20.9. The SMILES string of the molecule is CCC.COc1ccc2c(Oc3ccc(NC=O)nc3)ccnc2c1.Cc1c(CN2CCCC2)n(C)n(-c2ccccc2)c1=O.Nc1ccc(Oc2ccnc3cc(O)ccc23)cn1. The van der Waals surface area contributed by atoms with E-state index in [4.69, 9.17) is 19.9 Å². The number of ether oxygens (including phenoxy) is 3. The number of pyridine rings is 4. The number of benzene rings is 3. The second kappa shape index (κ2) is 22.4. The average molecular weight is 864 g/mol. The van der Waals surface area contributed by atoms with Gasteiger partial charge in [0.05, 0.1) is 41.9 Å². The minimum atomic E-state index is 0.0906. The number of nitrogen functional groups attached to an aromatic ring is 1. The predicted molar refractivity (Wildman–Crippen MR) is 251 cm³/mol. The monoisotopic (exact) mass is 863 g/mol. The number of aromatic nitrogens is 6. The van der Waals surface area contributed by atoms with Gasteiger partial charge in [0.25, 0.3) is 5.56 Å². The van der Waals surface area contributed by atoms with Gasteiger partial charge in [-0.2, -0.15) is 0 Å². The smallest absolute Gasteiger partial charge is 0.274 e. The molecule has 5 aromatic heterocycles. The third kappa shape index (κ3) is 11.8. The zero-order chi connectivity index (χ0) is 45.4. The van der Waals surface area contributed by atoms with Gasteiger partial charge in [-0.25, -0.2) is 14.6 Å². The molecule has 8 aromatic rings. The van der Waals surface area contributed by atoms with Gasteiger partial charge in [0.1, 0.15) is 46.1 Å². The van der Waals surface area contributed by atoms with Crippen molar-refractivity contribution in [1.82, 2.24) is 34.2 Å². The van der Waals surface area contributed by atoms with Crippen LogP contribution in [0.5, 0.6) is 34.5 Å². The molecule has 6 heterocycles. The summed E-state index contributed by atoms with van der Waals surface area (Å²) in [4.78, 5) is 41.8. The van der Waals surface area contributed by atoms with Gasteiger partial charge in [0, 0.05) is 54.5 Å². The number of anilines is 2. The van der Waals surface area contributed by atoms with E-state index in [1.807, 2.05) is 67.2 Å². The molecular weight excluding hydrogens is 811 g/mol. The molecule has 64 heavy (non-hydrogen) atoms. The number of rotatable bonds is 10. The maximum atomic E-state index is 12.5. The number of hydrogen-bond acceptors (Lipinski definition) is 12. The number of phenols is 1. The topological polar surface area (TPSA) is 185 Å². The van der Waals surface area contributed by atoms with Gasteiger partial charge in [-0.05, 0) is 106 Å². The van der Waals surface area contributed by atoms with E-state index in [1.165, 1.54) is 19.3 Å². The standard InChI is InChI=1S/C16H13N3O3.C16H21N3O.C14H11N3O2.C3H8/c1-21-11-2-4-13-14(8-11)17-7-6-15(13)22-12-3-5-16(18-9-12)19-10-20;1-13-15(12-18-10-6-7-11-18)17(2)19(16(13)20)14-8-4-3-5-9-14;15-14-4-2-10(8-17-14)19-13-5-6-16-12-7-9(18)1-3-11(12)13;1-3-2/h2-10H,1H3,(H,18,19,20);3-5,8-9H,6-7,10-12H2,1-2H3;1-8,18H,(H2,15,17);3H2,1-2H3. The maximum absolute atomic E-state index is 12.5. The summed E-state index contributed by atoms with van der Waals surface area (Å²) in [6.45, 7) is 9.35. The Morgan fingerprint density at radius 1 is 0.766 bits per heavy atom. The van der Waals surface area contributed by atoms with Gasteiger partial charge in [0.15, 0.2) is 0 Å². The van der Waals surface area contributed by atoms with Crippen molar-refractivity contribution >= 4 is 39.9 Å². The molecule has 0 saturated carbocycles. The molecule has 15 nitrogen and oxygen atoms in total. The lowest BCUT2D eigenvalue weighted by molar-refractivity contribution is -0.105. The predicted octanol–water partition coefficient (Wildman–Crippen LogP) is 9.21. The van der Waals surface area contributed by atoms with Gasteiger partial charge < -0.3 is 30.4 Å². The number of hydrogen-bond donors (Lipinski definition) is 3. The second-order valence-electron chi connectivity index (χ2n) is 14.7. The van der Waals surface area contributed by atoms with Crippen LogP contribution in [-0.4, -0.2) is 65.9 Å². The largest absolute Gasteiger partial charge is 0.508 e. The summed E-state index contributed by atoms with van der Waals surface area (Å²) in [5.41, 5.74) is 9.98. The van der Waals surface area contributed by atoms with E-state index >= 15 is 0 Å². The molecule has 0 spiro atoms. The summed E-state index contributed by atoms with van der Waals surface area (Å²) in [6.07, 6.45) is 10.8. The van der Waals surface area contributed by atoms with Gasteiger partial charge in [-0.15, -0.1) is 0 Å². The van der Waals surface area contributed by atoms with Crippen molar-refractivity contribution in [3.8, 4) is 40.2 Å². The molecule has 1 saturated heterocycles. The zero-order valence-corrected chi connectivity index (χ0v) is 36.6. The van der Waals surface area contributed by atoms with Gasteiger partial charge in [-0.1, -0.05) is 38.5 Å². The van der Waals surface area contributed by atoms with E-state index in [0.29, 0.717) is 46.6 Å². The number of aromatic hydroxyl groups is 1. The Labute approximate surface area is 371 Å². The molecule has 1 fully saturated rings. The summed E-state index contributed by atoms with van der Waals surface area (Å²) >= 11 is 0. The van der Waals surface area contributed by atoms with Crippen LogP contribution in [0.3, 0.4) is 0 Å². The highest BCUT2D eigenvalue weighted by atomic mass is 16.5. The molecule has 1 aliphatic rings. The Hall–Kier alpha value is -7.78. The lowest BCUT2D eigenvalue weighted by atomic mass is 10.2.